The fourth-order valence-electron chi connectivity index (χ4n) is 2.79. The van der Waals surface area contributed by atoms with Crippen LogP contribution in [0.15, 0.2) is 30.3 Å². The van der Waals surface area contributed by atoms with Crippen LogP contribution in [0.4, 0.5) is 4.39 Å². The highest BCUT2D eigenvalue weighted by Gasteiger charge is 2.33. The molecule has 0 saturated heterocycles. The first kappa shape index (κ1) is 20.6. The van der Waals surface area contributed by atoms with Gasteiger partial charge < -0.3 is 0 Å². The maximum absolute atomic E-state index is 13.0. The number of Topliss-reactive ketones (excluding diaryl/α,β-unsaturated/α-hetero) is 1. The summed E-state index contributed by atoms with van der Waals surface area (Å²) in [7, 11) is 2.03. The minimum Gasteiger partial charge on any atom is -0.298 e. The van der Waals surface area contributed by atoms with Crippen LogP contribution in [0.5, 0.6) is 0 Å². The Labute approximate surface area is 146 Å². The number of ketones is 1. The van der Waals surface area contributed by atoms with Crippen LogP contribution in [0, 0.1) is 23.6 Å². The molecule has 0 N–H and O–H groups in total. The van der Waals surface area contributed by atoms with Crippen LogP contribution in [0.1, 0.15) is 47.1 Å². The van der Waals surface area contributed by atoms with Gasteiger partial charge in [0.2, 0.25) is 0 Å². The molecule has 0 fully saturated rings. The fourth-order valence-corrected chi connectivity index (χ4v) is 2.79. The van der Waals surface area contributed by atoms with Crippen LogP contribution in [0.2, 0.25) is 0 Å². The third-order valence-electron chi connectivity index (χ3n) is 4.90. The summed E-state index contributed by atoms with van der Waals surface area (Å²) < 4.78 is 13.0. The van der Waals surface area contributed by atoms with Crippen molar-refractivity contribution in [2.45, 2.75) is 53.6 Å². The summed E-state index contributed by atoms with van der Waals surface area (Å²) in [5, 5.41) is 0. The van der Waals surface area contributed by atoms with E-state index in [1.165, 1.54) is 12.1 Å². The van der Waals surface area contributed by atoms with Gasteiger partial charge in [-0.3, -0.25) is 9.69 Å². The molecule has 0 aliphatic carbocycles. The summed E-state index contributed by atoms with van der Waals surface area (Å²) in [5.41, 5.74) is 0.972. The van der Waals surface area contributed by atoms with Crippen molar-refractivity contribution in [1.82, 2.24) is 4.90 Å². The Bertz CT molecular complexity index is 547. The lowest BCUT2D eigenvalue weighted by molar-refractivity contribution is -0.129. The van der Waals surface area contributed by atoms with Gasteiger partial charge in [-0.25, -0.2) is 4.39 Å². The summed E-state index contributed by atoms with van der Waals surface area (Å²) in [6.07, 6.45) is 4.12. The average Bonchev–Trinajstić information content (AvgIpc) is 2.53. The van der Waals surface area contributed by atoms with Crippen LogP contribution in [0.3, 0.4) is 0 Å². The smallest absolute Gasteiger partial charge is 0.152 e. The third-order valence-corrected chi connectivity index (χ3v) is 4.90. The van der Waals surface area contributed by atoms with E-state index in [0.29, 0.717) is 11.8 Å². The summed E-state index contributed by atoms with van der Waals surface area (Å²) in [5.74, 6) is 0.523. The molecule has 0 spiro atoms. The van der Waals surface area contributed by atoms with Crippen LogP contribution >= 0.6 is 0 Å². The van der Waals surface area contributed by atoms with E-state index in [9.17, 15) is 9.18 Å². The van der Waals surface area contributed by atoms with Crippen molar-refractivity contribution >= 4 is 11.9 Å². The molecule has 0 aliphatic rings. The van der Waals surface area contributed by atoms with E-state index in [2.05, 4.69) is 38.7 Å². The van der Waals surface area contributed by atoms with E-state index in [0.717, 1.165) is 5.56 Å². The topological polar surface area (TPSA) is 20.3 Å². The maximum Gasteiger partial charge on any atom is 0.152 e. The highest BCUT2D eigenvalue weighted by atomic mass is 19.1. The molecule has 3 heteroatoms. The van der Waals surface area contributed by atoms with Gasteiger partial charge in [-0.1, -0.05) is 52.0 Å². The Hall–Kier alpha value is -1.48. The normalized spacial score (nSPS) is 16.1. The zero-order valence-electron chi connectivity index (χ0n) is 16.1. The molecule has 0 aliphatic heterocycles. The molecular formula is C21H32FNO. The number of rotatable bonds is 8. The predicted octanol–water partition coefficient (Wildman–Crippen LogP) is 5.05. The van der Waals surface area contributed by atoms with Crippen molar-refractivity contribution in [3.8, 4) is 0 Å². The fraction of sp³-hybridized carbons (Fsp3) is 0.571. The van der Waals surface area contributed by atoms with Crippen molar-refractivity contribution in [2.24, 2.45) is 17.8 Å². The van der Waals surface area contributed by atoms with Gasteiger partial charge in [0.1, 0.15) is 5.82 Å². The Balaban J connectivity index is 2.93. The molecule has 0 aromatic heterocycles. The molecule has 0 heterocycles. The van der Waals surface area contributed by atoms with Crippen molar-refractivity contribution < 1.29 is 9.18 Å². The van der Waals surface area contributed by atoms with Crippen molar-refractivity contribution in [3.05, 3.63) is 41.7 Å². The zero-order valence-corrected chi connectivity index (χ0v) is 16.1. The predicted molar refractivity (Wildman–Crippen MR) is 100 cm³/mol. The molecule has 3 atom stereocenters. The number of nitrogens with zero attached hydrogens (tertiary/aromatic N) is 1. The number of allylic oxidation sites excluding steroid dienone is 1. The van der Waals surface area contributed by atoms with Crippen LogP contribution in [-0.2, 0) is 4.79 Å². The second kappa shape index (κ2) is 9.12. The van der Waals surface area contributed by atoms with Gasteiger partial charge in [0, 0.05) is 12.0 Å². The summed E-state index contributed by atoms with van der Waals surface area (Å²) in [4.78, 5) is 14.9. The third kappa shape index (κ3) is 5.55. The lowest BCUT2D eigenvalue weighted by atomic mass is 9.82. The quantitative estimate of drug-likeness (QED) is 0.664. The highest BCUT2D eigenvalue weighted by Crippen LogP contribution is 2.25. The van der Waals surface area contributed by atoms with E-state index < -0.39 is 0 Å². The Morgan fingerprint density at radius 3 is 2.04 bits per heavy atom. The lowest BCUT2D eigenvalue weighted by Gasteiger charge is -2.37. The van der Waals surface area contributed by atoms with Crippen LogP contribution in [-0.4, -0.2) is 29.8 Å². The standard InChI is InChI=1S/C21H32FNO/c1-14(2)21(24)20(23(7)15(3)4)17(6)16(5)8-9-18-10-12-19(22)13-11-18/h8-17,20H,1-7H3/b9-8+/t16-,17-,20+/m1/s1. The number of benzene rings is 1. The second-order valence-electron chi connectivity index (χ2n) is 7.39. The number of hydrogen-bond donors (Lipinski definition) is 0. The number of hydrogen-bond acceptors (Lipinski definition) is 2. The molecule has 1 rings (SSSR count). The lowest BCUT2D eigenvalue weighted by Crippen LogP contribution is -2.49. The SMILES string of the molecule is CC(C)C(=O)[C@H]([C@H](C)[C@H](C)/C=C/c1ccc(F)cc1)N(C)C(C)C. The minimum absolute atomic E-state index is 0.0203. The van der Waals surface area contributed by atoms with Gasteiger partial charge in [-0.05, 0) is 50.4 Å². The van der Waals surface area contributed by atoms with Gasteiger partial charge in [0.25, 0.3) is 0 Å². The van der Waals surface area contributed by atoms with Gasteiger partial charge in [0.15, 0.2) is 5.78 Å². The Morgan fingerprint density at radius 1 is 1.04 bits per heavy atom. The first-order valence-electron chi connectivity index (χ1n) is 8.84. The second-order valence-corrected chi connectivity index (χ2v) is 7.39. The first-order chi connectivity index (χ1) is 11.1. The number of carbonyl (C=O) groups is 1. The summed E-state index contributed by atoms with van der Waals surface area (Å²) in [6.45, 7) is 12.5. The molecular weight excluding hydrogens is 301 g/mol. The molecule has 0 saturated carbocycles. The Morgan fingerprint density at radius 2 is 1.58 bits per heavy atom. The number of halogens is 1. The minimum atomic E-state index is -0.227. The van der Waals surface area contributed by atoms with Crippen LogP contribution in [0.25, 0.3) is 6.08 Å². The first-order valence-corrected chi connectivity index (χ1v) is 8.84. The molecule has 0 amide bonds. The van der Waals surface area contributed by atoms with Gasteiger partial charge in [0.05, 0.1) is 6.04 Å². The van der Waals surface area contributed by atoms with Gasteiger partial charge in [-0.15, -0.1) is 0 Å². The van der Waals surface area contributed by atoms with E-state index in [4.69, 9.17) is 0 Å². The van der Waals surface area contributed by atoms with Crippen LogP contribution < -0.4 is 0 Å². The number of likely N-dealkylation sites (N-methyl/N-ethyl adjacent to an activating group) is 1. The zero-order chi connectivity index (χ0) is 18.4. The maximum atomic E-state index is 13.0. The van der Waals surface area contributed by atoms with E-state index in [1.54, 1.807) is 12.1 Å². The Kier molecular flexibility index (Phi) is 7.82. The molecule has 2 nitrogen and oxygen atoms in total. The van der Waals surface area contributed by atoms with Gasteiger partial charge >= 0.3 is 0 Å². The molecule has 0 bridgehead atoms. The van der Waals surface area contributed by atoms with Gasteiger partial charge in [-0.2, -0.15) is 0 Å². The largest absolute Gasteiger partial charge is 0.298 e. The molecule has 24 heavy (non-hydrogen) atoms. The molecule has 1 aromatic carbocycles. The molecule has 1 aromatic rings. The highest BCUT2D eigenvalue weighted by molar-refractivity contribution is 5.86. The van der Waals surface area contributed by atoms with Crippen molar-refractivity contribution in [1.29, 1.82) is 0 Å². The van der Waals surface area contributed by atoms with Crippen molar-refractivity contribution in [2.75, 3.05) is 7.05 Å². The average molecular weight is 333 g/mol. The number of carbonyl (C=O) groups excluding carboxylic acids is 1. The van der Waals surface area contributed by atoms with Crippen molar-refractivity contribution in [3.63, 3.8) is 0 Å². The van der Waals surface area contributed by atoms with E-state index in [-0.39, 0.29) is 29.6 Å². The summed E-state index contributed by atoms with van der Waals surface area (Å²) in [6, 6.07) is 6.67. The molecule has 0 radical (unpaired) electrons. The molecule has 0 unspecified atom stereocenters. The monoisotopic (exact) mass is 333 g/mol. The summed E-state index contributed by atoms with van der Waals surface area (Å²) >= 11 is 0. The van der Waals surface area contributed by atoms with E-state index >= 15 is 0 Å². The van der Waals surface area contributed by atoms with E-state index in [1.807, 2.05) is 27.0 Å². The molecule has 134 valence electrons.